The van der Waals surface area contributed by atoms with Crippen molar-refractivity contribution in [3.8, 4) is 22.5 Å². The topological polar surface area (TPSA) is 25.8 Å². The predicted octanol–water partition coefficient (Wildman–Crippen LogP) is 6.88. The fourth-order valence-corrected chi connectivity index (χ4v) is 3.59. The van der Waals surface area contributed by atoms with Crippen molar-refractivity contribution >= 4 is 37.6 Å². The Kier molecular flexibility index (Phi) is 3.95. The Balaban J connectivity index is 1.56. The molecule has 0 aliphatic carbocycles. The summed E-state index contributed by atoms with van der Waals surface area (Å²) in [7, 11) is 0. The van der Waals surface area contributed by atoms with Gasteiger partial charge in [0.2, 0.25) is 0 Å². The number of hydrogen-bond acceptors (Lipinski definition) is 2. The molecule has 1 heterocycles. The summed E-state index contributed by atoms with van der Waals surface area (Å²) >= 11 is 3.48. The van der Waals surface area contributed by atoms with E-state index < -0.39 is 0 Å². The lowest BCUT2D eigenvalue weighted by molar-refractivity contribution is 1.23. The van der Waals surface area contributed by atoms with E-state index in [2.05, 4.69) is 106 Å². The molecule has 1 aromatic heterocycles. The first kappa shape index (κ1) is 16.2. The molecule has 0 saturated carbocycles. The quantitative estimate of drug-likeness (QED) is 0.316. The maximum Gasteiger partial charge on any atom is 0.159 e. The van der Waals surface area contributed by atoms with Crippen molar-refractivity contribution in [3.05, 3.63) is 95.6 Å². The van der Waals surface area contributed by atoms with Crippen molar-refractivity contribution in [1.82, 2.24) is 9.97 Å². The Morgan fingerprint density at radius 1 is 0.593 bits per heavy atom. The van der Waals surface area contributed by atoms with Crippen molar-refractivity contribution in [3.63, 3.8) is 0 Å². The van der Waals surface area contributed by atoms with Crippen LogP contribution >= 0.6 is 15.9 Å². The van der Waals surface area contributed by atoms with Crippen LogP contribution in [0.15, 0.2) is 95.6 Å². The van der Waals surface area contributed by atoms with Crippen LogP contribution in [0, 0.1) is 0 Å². The second-order valence-corrected chi connectivity index (χ2v) is 7.45. The maximum absolute atomic E-state index is 4.78. The summed E-state index contributed by atoms with van der Waals surface area (Å²) in [6, 6.07) is 29.3. The molecule has 0 fully saturated rings. The zero-order valence-electron chi connectivity index (χ0n) is 14.4. The van der Waals surface area contributed by atoms with Crippen LogP contribution < -0.4 is 0 Å². The third kappa shape index (κ3) is 3.11. The zero-order chi connectivity index (χ0) is 18.2. The lowest BCUT2D eigenvalue weighted by Crippen LogP contribution is -1.90. The molecule has 5 rings (SSSR count). The van der Waals surface area contributed by atoms with Gasteiger partial charge >= 0.3 is 0 Å². The van der Waals surface area contributed by atoms with Crippen LogP contribution in [0.2, 0.25) is 0 Å². The smallest absolute Gasteiger partial charge is 0.159 e. The predicted molar refractivity (Wildman–Crippen MR) is 116 cm³/mol. The van der Waals surface area contributed by atoms with Crippen molar-refractivity contribution < 1.29 is 0 Å². The zero-order valence-corrected chi connectivity index (χ0v) is 16.0. The fourth-order valence-electron chi connectivity index (χ4n) is 3.32. The van der Waals surface area contributed by atoms with Gasteiger partial charge in [0.25, 0.3) is 0 Å². The molecule has 0 radical (unpaired) electrons. The monoisotopic (exact) mass is 410 g/mol. The van der Waals surface area contributed by atoms with Crippen LogP contribution in [-0.2, 0) is 0 Å². The highest BCUT2D eigenvalue weighted by molar-refractivity contribution is 9.10. The number of fused-ring (bicyclic) bond motifs is 2. The first-order chi connectivity index (χ1) is 13.3. The van der Waals surface area contributed by atoms with Crippen molar-refractivity contribution in [1.29, 1.82) is 0 Å². The van der Waals surface area contributed by atoms with Gasteiger partial charge in [-0.05, 0) is 52.2 Å². The van der Waals surface area contributed by atoms with E-state index >= 15 is 0 Å². The average Bonchev–Trinajstić information content (AvgIpc) is 2.73. The van der Waals surface area contributed by atoms with Gasteiger partial charge < -0.3 is 0 Å². The Morgan fingerprint density at radius 3 is 2.15 bits per heavy atom. The number of halogens is 1. The molecule has 0 aliphatic rings. The van der Waals surface area contributed by atoms with E-state index in [1.54, 1.807) is 0 Å². The molecule has 4 aromatic carbocycles. The van der Waals surface area contributed by atoms with Gasteiger partial charge in [0, 0.05) is 21.6 Å². The van der Waals surface area contributed by atoms with Crippen LogP contribution in [0.1, 0.15) is 0 Å². The van der Waals surface area contributed by atoms with Crippen LogP contribution in [0.3, 0.4) is 0 Å². The standard InChI is InChI=1S/C24H15BrN2/c25-22-10-7-17(8-11-22)19-9-12-23-21(14-19)15-26-24(27-23)20-6-5-16-3-1-2-4-18(16)13-20/h1-15H. The van der Waals surface area contributed by atoms with Gasteiger partial charge in [-0.1, -0.05) is 70.5 Å². The van der Waals surface area contributed by atoms with Crippen LogP contribution in [0.5, 0.6) is 0 Å². The molecule has 128 valence electrons. The molecule has 0 N–H and O–H groups in total. The largest absolute Gasteiger partial charge is 0.236 e. The Morgan fingerprint density at radius 2 is 1.30 bits per heavy atom. The average molecular weight is 411 g/mol. The first-order valence-electron chi connectivity index (χ1n) is 8.78. The summed E-state index contributed by atoms with van der Waals surface area (Å²) < 4.78 is 1.08. The Hall–Kier alpha value is -3.04. The van der Waals surface area contributed by atoms with E-state index in [0.717, 1.165) is 32.3 Å². The molecule has 27 heavy (non-hydrogen) atoms. The minimum absolute atomic E-state index is 0.754. The number of hydrogen-bond donors (Lipinski definition) is 0. The molecule has 0 amide bonds. The SMILES string of the molecule is Brc1ccc(-c2ccc3nc(-c4ccc5ccccc5c4)ncc3c2)cc1. The molecule has 0 atom stereocenters. The number of rotatable bonds is 2. The van der Waals surface area contributed by atoms with Gasteiger partial charge in [0.15, 0.2) is 5.82 Å². The van der Waals surface area contributed by atoms with E-state index in [0.29, 0.717) is 0 Å². The minimum atomic E-state index is 0.754. The van der Waals surface area contributed by atoms with E-state index in [1.165, 1.54) is 16.3 Å². The Bertz CT molecular complexity index is 1280. The van der Waals surface area contributed by atoms with Crippen molar-refractivity contribution in [2.75, 3.05) is 0 Å². The third-order valence-corrected chi connectivity index (χ3v) is 5.29. The molecule has 0 aliphatic heterocycles. The Labute approximate surface area is 165 Å². The fraction of sp³-hybridized carbons (Fsp3) is 0. The van der Waals surface area contributed by atoms with Gasteiger partial charge in [-0.15, -0.1) is 0 Å². The summed E-state index contributed by atoms with van der Waals surface area (Å²) in [5.41, 5.74) is 4.33. The highest BCUT2D eigenvalue weighted by atomic mass is 79.9. The normalized spacial score (nSPS) is 11.1. The molecule has 3 heteroatoms. The van der Waals surface area contributed by atoms with E-state index in [9.17, 15) is 0 Å². The summed E-state index contributed by atoms with van der Waals surface area (Å²) in [6.07, 6.45) is 1.91. The lowest BCUT2D eigenvalue weighted by Gasteiger charge is -2.07. The number of benzene rings is 4. The molecule has 0 unspecified atom stereocenters. The number of aromatic nitrogens is 2. The van der Waals surface area contributed by atoms with Crippen LogP contribution in [0.4, 0.5) is 0 Å². The maximum atomic E-state index is 4.78. The number of nitrogens with zero attached hydrogens (tertiary/aromatic N) is 2. The van der Waals surface area contributed by atoms with Crippen LogP contribution in [0.25, 0.3) is 44.2 Å². The molecule has 0 bridgehead atoms. The van der Waals surface area contributed by atoms with E-state index in [1.807, 2.05) is 6.20 Å². The molecule has 0 saturated heterocycles. The second kappa shape index (κ2) is 6.60. The van der Waals surface area contributed by atoms with E-state index in [4.69, 9.17) is 4.98 Å². The summed E-state index contributed by atoms with van der Waals surface area (Å²) in [4.78, 5) is 9.40. The molecule has 2 nitrogen and oxygen atoms in total. The second-order valence-electron chi connectivity index (χ2n) is 6.54. The van der Waals surface area contributed by atoms with Gasteiger partial charge in [-0.2, -0.15) is 0 Å². The summed E-state index contributed by atoms with van der Waals surface area (Å²) in [6.45, 7) is 0. The highest BCUT2D eigenvalue weighted by Crippen LogP contribution is 2.27. The van der Waals surface area contributed by atoms with Gasteiger partial charge in [-0.3, -0.25) is 0 Å². The van der Waals surface area contributed by atoms with Gasteiger partial charge in [-0.25, -0.2) is 9.97 Å². The van der Waals surface area contributed by atoms with Crippen LogP contribution in [-0.4, -0.2) is 9.97 Å². The molecule has 5 aromatic rings. The lowest BCUT2D eigenvalue weighted by atomic mass is 10.0. The third-order valence-electron chi connectivity index (χ3n) is 4.77. The van der Waals surface area contributed by atoms with Crippen molar-refractivity contribution in [2.24, 2.45) is 0 Å². The summed E-state index contributed by atoms with van der Waals surface area (Å²) in [5, 5.41) is 3.46. The highest BCUT2D eigenvalue weighted by Gasteiger charge is 2.06. The van der Waals surface area contributed by atoms with E-state index in [-0.39, 0.29) is 0 Å². The first-order valence-corrected chi connectivity index (χ1v) is 9.57. The van der Waals surface area contributed by atoms with Crippen molar-refractivity contribution in [2.45, 2.75) is 0 Å². The molecule has 0 spiro atoms. The summed E-state index contributed by atoms with van der Waals surface area (Å²) in [5.74, 6) is 0.754. The van der Waals surface area contributed by atoms with Gasteiger partial charge in [0.1, 0.15) is 0 Å². The molecular weight excluding hydrogens is 396 g/mol. The van der Waals surface area contributed by atoms with Gasteiger partial charge in [0.05, 0.1) is 5.52 Å². The molecular formula is C24H15BrN2. The minimum Gasteiger partial charge on any atom is -0.236 e.